The number of carbonyl (C=O) groups excluding carboxylic acids is 1. The second kappa shape index (κ2) is 9.84. The predicted octanol–water partition coefficient (Wildman–Crippen LogP) is 1.78. The number of benzene rings is 1. The van der Waals surface area contributed by atoms with Crippen molar-refractivity contribution in [2.75, 3.05) is 44.3 Å². The summed E-state index contributed by atoms with van der Waals surface area (Å²) in [5, 5.41) is 8.55. The Hall–Kier alpha value is -3.94. The fourth-order valence-electron chi connectivity index (χ4n) is 4.55. The van der Waals surface area contributed by atoms with Gasteiger partial charge in [0.2, 0.25) is 11.9 Å². The number of para-hydroxylation sites is 2. The number of nitrogens with one attached hydrogen (secondary N) is 1. The molecule has 4 heterocycles. The molecule has 0 spiro atoms. The first-order chi connectivity index (χ1) is 17.7. The van der Waals surface area contributed by atoms with Crippen molar-refractivity contribution in [1.82, 2.24) is 34.4 Å². The molecule has 0 bridgehead atoms. The average molecular weight is 519 g/mol. The number of carbonyl (C=O) groups is 1. The molecule has 0 radical (unpaired) electrons. The smallest absolute Gasteiger partial charge is 0.379 e. The summed E-state index contributed by atoms with van der Waals surface area (Å²) in [5.41, 5.74) is -0.280. The van der Waals surface area contributed by atoms with Crippen LogP contribution in [0.1, 0.15) is 12.1 Å². The molecule has 0 saturated carbocycles. The van der Waals surface area contributed by atoms with Gasteiger partial charge in [0.15, 0.2) is 5.69 Å². The van der Waals surface area contributed by atoms with E-state index in [1.54, 1.807) is 4.90 Å². The summed E-state index contributed by atoms with van der Waals surface area (Å²) in [4.78, 5) is 33.1. The summed E-state index contributed by atoms with van der Waals surface area (Å²) in [5.74, 6) is 0.818. The monoisotopic (exact) mass is 518 g/mol. The zero-order chi connectivity index (χ0) is 26.2. The summed E-state index contributed by atoms with van der Waals surface area (Å²) in [6, 6.07) is 7.92. The van der Waals surface area contributed by atoms with Crippen molar-refractivity contribution >= 4 is 33.8 Å². The second-order valence-corrected chi connectivity index (χ2v) is 8.72. The van der Waals surface area contributed by atoms with Gasteiger partial charge >= 0.3 is 6.18 Å². The summed E-state index contributed by atoms with van der Waals surface area (Å²) in [6.45, 7) is 2.55. The zero-order valence-corrected chi connectivity index (χ0v) is 20.0. The number of anilines is 1. The summed E-state index contributed by atoms with van der Waals surface area (Å²) < 4.78 is 48.4. The van der Waals surface area contributed by atoms with Gasteiger partial charge in [-0.2, -0.15) is 23.4 Å². The SMILES string of the molecule is Cn1c(N2CCN(C(=O)CCOCCn3nc(C(F)(F)F)c4c(=O)[nH]ncc43)CC2)nc2ccccc21. The van der Waals surface area contributed by atoms with Gasteiger partial charge in [0.25, 0.3) is 5.56 Å². The van der Waals surface area contributed by atoms with Crippen LogP contribution >= 0.6 is 0 Å². The standard InChI is InChI=1S/C23H25F3N8O3/c1-31-16-5-3-2-4-15(16)28-22(31)33-9-7-32(8-10-33)18(35)6-12-37-13-11-34-17-14-27-29-21(36)19(17)20(30-34)23(24,25)26/h2-5,14H,6-13H2,1H3,(H,29,36). The van der Waals surface area contributed by atoms with Crippen LogP contribution in [0.5, 0.6) is 0 Å². The highest BCUT2D eigenvalue weighted by atomic mass is 19.4. The highest BCUT2D eigenvalue weighted by Crippen LogP contribution is 2.32. The Labute approximate surface area is 208 Å². The highest BCUT2D eigenvalue weighted by Gasteiger charge is 2.38. The molecule has 196 valence electrons. The highest BCUT2D eigenvalue weighted by molar-refractivity contribution is 5.81. The predicted molar refractivity (Wildman–Crippen MR) is 128 cm³/mol. The lowest BCUT2D eigenvalue weighted by Gasteiger charge is -2.35. The second-order valence-electron chi connectivity index (χ2n) is 8.72. The normalized spacial score (nSPS) is 14.7. The number of halogens is 3. The van der Waals surface area contributed by atoms with Crippen molar-refractivity contribution in [1.29, 1.82) is 0 Å². The van der Waals surface area contributed by atoms with E-state index in [0.29, 0.717) is 26.2 Å². The van der Waals surface area contributed by atoms with Crippen LogP contribution in [0.25, 0.3) is 21.9 Å². The van der Waals surface area contributed by atoms with Crippen LogP contribution in [0.3, 0.4) is 0 Å². The van der Waals surface area contributed by atoms with Gasteiger partial charge in [-0.05, 0) is 12.1 Å². The number of alkyl halides is 3. The number of nitrogens with zero attached hydrogens (tertiary/aromatic N) is 7. The topological polar surface area (TPSA) is 114 Å². The minimum Gasteiger partial charge on any atom is -0.379 e. The lowest BCUT2D eigenvalue weighted by molar-refractivity contribution is -0.140. The Morgan fingerprint density at radius 1 is 1.11 bits per heavy atom. The van der Waals surface area contributed by atoms with E-state index in [1.807, 2.05) is 41.0 Å². The third kappa shape index (κ3) is 4.88. The molecular formula is C23H25F3N8O3. The van der Waals surface area contributed by atoms with Gasteiger partial charge in [0.1, 0.15) is 5.39 Å². The number of aromatic nitrogens is 6. The minimum absolute atomic E-state index is 0.0225. The number of hydrogen-bond acceptors (Lipinski definition) is 7. The number of rotatable bonds is 7. The molecule has 4 aromatic rings. The van der Waals surface area contributed by atoms with Crippen LogP contribution < -0.4 is 10.5 Å². The summed E-state index contributed by atoms with van der Waals surface area (Å²) >= 11 is 0. The van der Waals surface area contributed by atoms with Crippen LogP contribution in [0.4, 0.5) is 19.1 Å². The van der Waals surface area contributed by atoms with Crippen LogP contribution in [0, 0.1) is 0 Å². The maximum absolute atomic E-state index is 13.3. The largest absolute Gasteiger partial charge is 0.435 e. The third-order valence-corrected chi connectivity index (χ3v) is 6.43. The first-order valence-electron chi connectivity index (χ1n) is 11.8. The van der Waals surface area contributed by atoms with Gasteiger partial charge in [0.05, 0.1) is 48.9 Å². The van der Waals surface area contributed by atoms with Gasteiger partial charge in [-0.1, -0.05) is 12.1 Å². The Morgan fingerprint density at radius 2 is 1.86 bits per heavy atom. The van der Waals surface area contributed by atoms with Crippen molar-refractivity contribution in [3.63, 3.8) is 0 Å². The van der Waals surface area contributed by atoms with Crippen molar-refractivity contribution in [2.45, 2.75) is 19.1 Å². The molecule has 5 rings (SSSR count). The molecule has 3 aromatic heterocycles. The quantitative estimate of drug-likeness (QED) is 0.371. The average Bonchev–Trinajstić information content (AvgIpc) is 3.43. The fraction of sp³-hybridized carbons (Fsp3) is 0.435. The summed E-state index contributed by atoms with van der Waals surface area (Å²) in [6.07, 6.45) is -3.50. The molecule has 0 aliphatic carbocycles. The van der Waals surface area contributed by atoms with E-state index in [4.69, 9.17) is 9.72 Å². The van der Waals surface area contributed by atoms with Crippen LogP contribution in [0.15, 0.2) is 35.3 Å². The Kier molecular flexibility index (Phi) is 6.58. The molecule has 0 unspecified atom stereocenters. The van der Waals surface area contributed by atoms with E-state index in [9.17, 15) is 22.8 Å². The molecule has 1 aromatic carbocycles. The Morgan fingerprint density at radius 3 is 2.59 bits per heavy atom. The number of amides is 1. The first kappa shape index (κ1) is 24.7. The number of aromatic amines is 1. The number of hydrogen-bond donors (Lipinski definition) is 1. The van der Waals surface area contributed by atoms with Crippen molar-refractivity contribution in [2.24, 2.45) is 7.05 Å². The maximum atomic E-state index is 13.3. The molecule has 1 aliphatic heterocycles. The molecule has 37 heavy (non-hydrogen) atoms. The van der Waals surface area contributed by atoms with E-state index in [2.05, 4.69) is 15.1 Å². The van der Waals surface area contributed by atoms with Crippen molar-refractivity contribution < 1.29 is 22.7 Å². The molecule has 0 atom stereocenters. The van der Waals surface area contributed by atoms with E-state index in [-0.39, 0.29) is 37.6 Å². The van der Waals surface area contributed by atoms with Crippen LogP contribution in [0.2, 0.25) is 0 Å². The Bertz CT molecular complexity index is 1480. The third-order valence-electron chi connectivity index (χ3n) is 6.43. The van der Waals surface area contributed by atoms with Gasteiger partial charge in [-0.15, -0.1) is 0 Å². The number of aryl methyl sites for hydroxylation is 1. The molecule has 14 heteroatoms. The molecule has 1 N–H and O–H groups in total. The fourth-order valence-corrected chi connectivity index (χ4v) is 4.55. The van der Waals surface area contributed by atoms with Crippen LogP contribution in [-0.2, 0) is 29.3 Å². The number of fused-ring (bicyclic) bond motifs is 2. The molecule has 1 saturated heterocycles. The molecular weight excluding hydrogens is 493 g/mol. The van der Waals surface area contributed by atoms with E-state index >= 15 is 0 Å². The van der Waals surface area contributed by atoms with Gasteiger partial charge in [-0.25, -0.2) is 10.1 Å². The van der Waals surface area contributed by atoms with Crippen molar-refractivity contribution in [3.05, 3.63) is 46.5 Å². The zero-order valence-electron chi connectivity index (χ0n) is 20.0. The molecule has 1 fully saturated rings. The van der Waals surface area contributed by atoms with Crippen LogP contribution in [-0.4, -0.2) is 79.7 Å². The summed E-state index contributed by atoms with van der Waals surface area (Å²) in [7, 11) is 1.98. The van der Waals surface area contributed by atoms with E-state index < -0.39 is 22.8 Å². The maximum Gasteiger partial charge on any atom is 0.435 e. The first-order valence-corrected chi connectivity index (χ1v) is 11.8. The van der Waals surface area contributed by atoms with E-state index in [0.717, 1.165) is 27.9 Å². The minimum atomic E-state index is -4.78. The molecule has 1 aliphatic rings. The van der Waals surface area contributed by atoms with Gasteiger partial charge < -0.3 is 19.1 Å². The lowest BCUT2D eigenvalue weighted by atomic mass is 10.2. The molecule has 11 nitrogen and oxygen atoms in total. The number of H-pyrrole nitrogens is 1. The number of ether oxygens (including phenoxy) is 1. The van der Waals surface area contributed by atoms with E-state index in [1.165, 1.54) is 0 Å². The molecule has 1 amide bonds. The van der Waals surface area contributed by atoms with Crippen molar-refractivity contribution in [3.8, 4) is 0 Å². The number of piperazine rings is 1. The Balaban J connectivity index is 1.10. The lowest BCUT2D eigenvalue weighted by Crippen LogP contribution is -2.49. The number of imidazole rings is 1. The van der Waals surface area contributed by atoms with Gasteiger partial charge in [-0.3, -0.25) is 14.3 Å². The van der Waals surface area contributed by atoms with Gasteiger partial charge in [0, 0.05) is 33.2 Å².